The van der Waals surface area contributed by atoms with Gasteiger partial charge in [0.15, 0.2) is 11.5 Å². The van der Waals surface area contributed by atoms with Gasteiger partial charge < -0.3 is 9.47 Å². The fourth-order valence-electron chi connectivity index (χ4n) is 1.92. The number of benzene rings is 1. The number of nitrogens with zero attached hydrogens (tertiary/aromatic N) is 1. The quantitative estimate of drug-likeness (QED) is 0.716. The molecule has 0 spiro atoms. The van der Waals surface area contributed by atoms with Crippen LogP contribution in [-0.2, 0) is 11.8 Å². The summed E-state index contributed by atoms with van der Waals surface area (Å²) in [5.74, 6) is 1.64. The smallest absolute Gasteiger partial charge is 0.165 e. The van der Waals surface area contributed by atoms with Crippen LogP contribution in [0, 0.1) is 0 Å². The third-order valence-corrected chi connectivity index (χ3v) is 3.49. The van der Waals surface area contributed by atoms with Crippen LogP contribution in [0.15, 0.2) is 42.7 Å². The zero-order valence-corrected chi connectivity index (χ0v) is 13.1. The second-order valence-corrected chi connectivity index (χ2v) is 4.83. The normalized spacial score (nSPS) is 10.3. The first-order valence-corrected chi connectivity index (χ1v) is 7.79. The zero-order valence-electron chi connectivity index (χ0n) is 11.5. The minimum absolute atomic E-state index is 0.619. The maximum atomic E-state index is 5.94. The molecule has 1 heterocycles. The Kier molecular flexibility index (Phi) is 5.87. The molecule has 0 atom stereocenters. The van der Waals surface area contributed by atoms with Gasteiger partial charge in [0.05, 0.1) is 13.2 Å². The van der Waals surface area contributed by atoms with Gasteiger partial charge in [-0.3, -0.25) is 4.98 Å². The van der Waals surface area contributed by atoms with Crippen molar-refractivity contribution in [2.45, 2.75) is 18.7 Å². The maximum absolute atomic E-state index is 5.94. The van der Waals surface area contributed by atoms with E-state index >= 15 is 0 Å². The highest BCUT2D eigenvalue weighted by molar-refractivity contribution is 9.08. The van der Waals surface area contributed by atoms with Crippen molar-refractivity contribution < 1.29 is 9.47 Å². The predicted molar refractivity (Wildman–Crippen MR) is 83.7 cm³/mol. The van der Waals surface area contributed by atoms with Crippen LogP contribution >= 0.6 is 15.9 Å². The van der Waals surface area contributed by atoms with Crippen LogP contribution < -0.4 is 9.47 Å². The van der Waals surface area contributed by atoms with Crippen LogP contribution in [0.25, 0.3) is 0 Å². The molecule has 0 N–H and O–H groups in total. The number of rotatable bonds is 7. The van der Waals surface area contributed by atoms with Gasteiger partial charge in [0.25, 0.3) is 0 Å². The topological polar surface area (TPSA) is 31.4 Å². The van der Waals surface area contributed by atoms with Gasteiger partial charge in [-0.05, 0) is 30.7 Å². The van der Waals surface area contributed by atoms with Gasteiger partial charge in [0.1, 0.15) is 0 Å². The largest absolute Gasteiger partial charge is 0.490 e. The maximum Gasteiger partial charge on any atom is 0.165 e. The molecule has 1 aromatic heterocycles. The monoisotopic (exact) mass is 335 g/mol. The first kappa shape index (κ1) is 14.9. The molecule has 0 unspecified atom stereocenters. The third kappa shape index (κ3) is 3.97. The van der Waals surface area contributed by atoms with Crippen LogP contribution in [0.5, 0.6) is 11.5 Å². The van der Waals surface area contributed by atoms with Crippen LogP contribution in [0.4, 0.5) is 0 Å². The van der Waals surface area contributed by atoms with Gasteiger partial charge in [-0.2, -0.15) is 0 Å². The van der Waals surface area contributed by atoms with Crippen molar-refractivity contribution in [1.82, 2.24) is 4.98 Å². The Balaban J connectivity index is 2.04. The zero-order chi connectivity index (χ0) is 14.2. The van der Waals surface area contributed by atoms with Gasteiger partial charge in [-0.25, -0.2) is 0 Å². The fraction of sp³-hybridized carbons (Fsp3) is 0.312. The van der Waals surface area contributed by atoms with E-state index in [0.717, 1.165) is 28.8 Å². The van der Waals surface area contributed by atoms with Gasteiger partial charge in [0, 0.05) is 29.7 Å². The highest BCUT2D eigenvalue weighted by atomic mass is 79.9. The highest BCUT2D eigenvalue weighted by Crippen LogP contribution is 2.32. The van der Waals surface area contributed by atoms with E-state index in [-0.39, 0.29) is 0 Å². The van der Waals surface area contributed by atoms with E-state index in [9.17, 15) is 0 Å². The molecule has 0 saturated carbocycles. The molecule has 0 aliphatic rings. The minimum atomic E-state index is 0.619. The number of ether oxygens (including phenoxy) is 2. The van der Waals surface area contributed by atoms with Gasteiger partial charge >= 0.3 is 0 Å². The lowest BCUT2D eigenvalue weighted by atomic mass is 10.2. The van der Waals surface area contributed by atoms with E-state index in [4.69, 9.17) is 9.47 Å². The molecular formula is C16H18BrNO2. The fourth-order valence-corrected chi connectivity index (χ4v) is 2.36. The summed E-state index contributed by atoms with van der Waals surface area (Å²) in [7, 11) is 0. The summed E-state index contributed by atoms with van der Waals surface area (Å²) >= 11 is 3.49. The van der Waals surface area contributed by atoms with E-state index in [1.54, 1.807) is 12.4 Å². The first-order chi connectivity index (χ1) is 9.85. The van der Waals surface area contributed by atoms with E-state index < -0.39 is 0 Å². The second-order valence-electron chi connectivity index (χ2n) is 4.26. The Morgan fingerprint density at radius 2 is 1.90 bits per heavy atom. The lowest BCUT2D eigenvalue weighted by molar-refractivity contribution is 0.277. The van der Waals surface area contributed by atoms with Crippen molar-refractivity contribution in [3.05, 3.63) is 53.9 Å². The highest BCUT2D eigenvalue weighted by Gasteiger charge is 2.10. The molecule has 106 valence electrons. The lowest BCUT2D eigenvalue weighted by Gasteiger charge is -2.15. The van der Waals surface area contributed by atoms with Crippen molar-refractivity contribution >= 4 is 15.9 Å². The summed E-state index contributed by atoms with van der Waals surface area (Å²) in [5, 5.41) is 0.749. The number of hydrogen-bond donors (Lipinski definition) is 0. The van der Waals surface area contributed by atoms with Crippen molar-refractivity contribution in [2.75, 3.05) is 13.2 Å². The van der Waals surface area contributed by atoms with Crippen LogP contribution in [-0.4, -0.2) is 18.2 Å². The number of para-hydroxylation sites is 1. The molecule has 4 heteroatoms. The van der Waals surface area contributed by atoms with E-state index in [1.807, 2.05) is 37.3 Å². The Morgan fingerprint density at radius 3 is 2.60 bits per heavy atom. The molecule has 3 nitrogen and oxygen atoms in total. The molecule has 1 aromatic carbocycles. The lowest BCUT2D eigenvalue weighted by Crippen LogP contribution is -2.05. The molecule has 0 fully saturated rings. The van der Waals surface area contributed by atoms with Crippen LogP contribution in [0.3, 0.4) is 0 Å². The van der Waals surface area contributed by atoms with Crippen molar-refractivity contribution in [2.24, 2.45) is 0 Å². The van der Waals surface area contributed by atoms with E-state index in [1.165, 1.54) is 5.56 Å². The Hall–Kier alpha value is -1.55. The summed E-state index contributed by atoms with van der Waals surface area (Å²) in [6, 6.07) is 9.97. The molecule has 2 rings (SSSR count). The number of aromatic nitrogens is 1. The average molecular weight is 336 g/mol. The molecule has 0 amide bonds. The number of alkyl halides is 1. The van der Waals surface area contributed by atoms with Crippen LogP contribution in [0.1, 0.15) is 18.1 Å². The summed E-state index contributed by atoms with van der Waals surface area (Å²) in [6.07, 6.45) is 4.45. The number of pyridine rings is 1. The van der Waals surface area contributed by atoms with Crippen molar-refractivity contribution in [3.63, 3.8) is 0 Å². The summed E-state index contributed by atoms with van der Waals surface area (Å²) in [5.41, 5.74) is 2.32. The summed E-state index contributed by atoms with van der Waals surface area (Å²) in [4.78, 5) is 4.01. The molecule has 2 aromatic rings. The van der Waals surface area contributed by atoms with Gasteiger partial charge in [-0.15, -0.1) is 0 Å². The average Bonchev–Trinajstić information content (AvgIpc) is 2.50. The Bertz CT molecular complexity index is 531. The van der Waals surface area contributed by atoms with Crippen molar-refractivity contribution in [1.29, 1.82) is 0 Å². The molecule has 0 aliphatic carbocycles. The number of hydrogen-bond acceptors (Lipinski definition) is 3. The SMILES string of the molecule is CCOc1cccc(CBr)c1OCCc1ccncc1. The number of halogens is 1. The molecule has 0 bridgehead atoms. The minimum Gasteiger partial charge on any atom is -0.490 e. The van der Waals surface area contributed by atoms with E-state index in [0.29, 0.717) is 13.2 Å². The second kappa shape index (κ2) is 7.90. The van der Waals surface area contributed by atoms with Gasteiger partial charge in [0.2, 0.25) is 0 Å². The summed E-state index contributed by atoms with van der Waals surface area (Å²) in [6.45, 7) is 3.22. The first-order valence-electron chi connectivity index (χ1n) is 6.67. The summed E-state index contributed by atoms with van der Waals surface area (Å²) < 4.78 is 11.6. The molecule has 20 heavy (non-hydrogen) atoms. The van der Waals surface area contributed by atoms with E-state index in [2.05, 4.69) is 20.9 Å². The molecule has 0 aliphatic heterocycles. The molecule has 0 radical (unpaired) electrons. The molecule has 0 saturated heterocycles. The van der Waals surface area contributed by atoms with Crippen LogP contribution in [0.2, 0.25) is 0 Å². The van der Waals surface area contributed by atoms with Gasteiger partial charge in [-0.1, -0.05) is 28.1 Å². The molecular weight excluding hydrogens is 318 g/mol. The Morgan fingerprint density at radius 1 is 1.10 bits per heavy atom. The third-order valence-electron chi connectivity index (χ3n) is 2.89. The Labute approximate surface area is 128 Å². The van der Waals surface area contributed by atoms with Crippen molar-refractivity contribution in [3.8, 4) is 11.5 Å². The standard InChI is InChI=1S/C16H18BrNO2/c1-2-19-15-5-3-4-14(12-17)16(15)20-11-8-13-6-9-18-10-7-13/h3-7,9-10H,2,8,11-12H2,1H3. The predicted octanol–water partition coefficient (Wildman–Crippen LogP) is 4.00.